The van der Waals surface area contributed by atoms with Crippen molar-refractivity contribution in [2.45, 2.75) is 32.2 Å². The van der Waals surface area contributed by atoms with Gasteiger partial charge in [-0.2, -0.15) is 0 Å². The number of amidine groups is 1. The molecular formula is C12H27N3O2. The van der Waals surface area contributed by atoms with Gasteiger partial charge in [-0.15, -0.1) is 0 Å². The Bertz CT molecular complexity index is 200. The summed E-state index contributed by atoms with van der Waals surface area (Å²) in [7, 11) is 3.42. The molecule has 3 N–H and O–H groups in total. The van der Waals surface area contributed by atoms with E-state index >= 15 is 0 Å². The summed E-state index contributed by atoms with van der Waals surface area (Å²) >= 11 is 0. The predicted molar refractivity (Wildman–Crippen MR) is 70.6 cm³/mol. The first kappa shape index (κ1) is 16.4. The van der Waals surface area contributed by atoms with E-state index in [9.17, 15) is 0 Å². The fourth-order valence-electron chi connectivity index (χ4n) is 1.88. The van der Waals surface area contributed by atoms with E-state index in [-0.39, 0.29) is 5.84 Å². The average molecular weight is 245 g/mol. The maximum Gasteiger partial charge on any atom is 0.0921 e. The number of rotatable bonds is 11. The van der Waals surface area contributed by atoms with E-state index in [2.05, 4.69) is 11.8 Å². The van der Waals surface area contributed by atoms with Crippen molar-refractivity contribution in [3.63, 3.8) is 0 Å². The number of hydrogen-bond donors (Lipinski definition) is 2. The average Bonchev–Trinajstić information content (AvgIpc) is 2.30. The van der Waals surface area contributed by atoms with Gasteiger partial charge in [-0.3, -0.25) is 10.3 Å². The molecule has 0 aromatic carbocycles. The van der Waals surface area contributed by atoms with Crippen LogP contribution in [0.3, 0.4) is 0 Å². The normalized spacial score (nSPS) is 12.9. The van der Waals surface area contributed by atoms with Crippen molar-refractivity contribution in [2.75, 3.05) is 40.5 Å². The third-order valence-corrected chi connectivity index (χ3v) is 2.82. The lowest BCUT2D eigenvalue weighted by Gasteiger charge is -2.30. The highest BCUT2D eigenvalue weighted by Gasteiger charge is 2.17. The number of nitrogens with one attached hydrogen (secondary N) is 1. The summed E-state index contributed by atoms with van der Waals surface area (Å²) in [5.74, 6) is 0.256. The summed E-state index contributed by atoms with van der Waals surface area (Å²) in [5, 5.41) is 7.41. The van der Waals surface area contributed by atoms with Gasteiger partial charge in [0.05, 0.1) is 12.4 Å². The van der Waals surface area contributed by atoms with Crippen LogP contribution in [0, 0.1) is 5.41 Å². The highest BCUT2D eigenvalue weighted by atomic mass is 16.5. The van der Waals surface area contributed by atoms with Gasteiger partial charge in [0, 0.05) is 46.4 Å². The zero-order chi connectivity index (χ0) is 13.1. The molecule has 0 fully saturated rings. The smallest absolute Gasteiger partial charge is 0.0921 e. The minimum atomic E-state index is 0.256. The van der Waals surface area contributed by atoms with Crippen LogP contribution in [0.15, 0.2) is 0 Å². The van der Waals surface area contributed by atoms with Crippen molar-refractivity contribution in [1.29, 1.82) is 5.41 Å². The summed E-state index contributed by atoms with van der Waals surface area (Å²) in [5.41, 5.74) is 5.49. The molecule has 0 aliphatic carbocycles. The van der Waals surface area contributed by atoms with Crippen LogP contribution >= 0.6 is 0 Å². The molecule has 0 heterocycles. The third-order valence-electron chi connectivity index (χ3n) is 2.82. The lowest BCUT2D eigenvalue weighted by molar-refractivity contribution is 0.106. The molecular weight excluding hydrogens is 218 g/mol. The Morgan fingerprint density at radius 1 is 1.24 bits per heavy atom. The van der Waals surface area contributed by atoms with Gasteiger partial charge in [0.2, 0.25) is 0 Å². The van der Waals surface area contributed by atoms with Gasteiger partial charge in [0.1, 0.15) is 0 Å². The summed E-state index contributed by atoms with van der Waals surface area (Å²) in [6.07, 6.45) is 2.62. The topological polar surface area (TPSA) is 71.6 Å². The van der Waals surface area contributed by atoms with Crippen LogP contribution in [0.5, 0.6) is 0 Å². The molecule has 5 nitrogen and oxygen atoms in total. The van der Waals surface area contributed by atoms with Crippen LogP contribution in [0.1, 0.15) is 26.2 Å². The Hall–Kier alpha value is -0.650. The summed E-state index contributed by atoms with van der Waals surface area (Å²) in [6.45, 7) is 5.44. The largest absolute Gasteiger partial charge is 0.388 e. The summed E-state index contributed by atoms with van der Waals surface area (Å²) in [6, 6.07) is 0.333. The molecule has 0 aromatic rings. The van der Waals surface area contributed by atoms with Crippen molar-refractivity contribution in [1.82, 2.24) is 4.90 Å². The molecule has 0 spiro atoms. The minimum absolute atomic E-state index is 0.256. The Morgan fingerprint density at radius 2 is 1.88 bits per heavy atom. The Labute approximate surface area is 105 Å². The van der Waals surface area contributed by atoms with E-state index in [1.807, 2.05) is 0 Å². The van der Waals surface area contributed by atoms with Crippen LogP contribution in [0.4, 0.5) is 0 Å². The molecule has 0 rings (SSSR count). The van der Waals surface area contributed by atoms with Crippen molar-refractivity contribution in [3.8, 4) is 0 Å². The lowest BCUT2D eigenvalue weighted by atomic mass is 10.1. The highest BCUT2D eigenvalue weighted by molar-refractivity contribution is 5.77. The molecule has 1 unspecified atom stereocenters. The molecule has 0 bridgehead atoms. The van der Waals surface area contributed by atoms with Gasteiger partial charge >= 0.3 is 0 Å². The first-order valence-corrected chi connectivity index (χ1v) is 6.20. The molecule has 1 atom stereocenters. The van der Waals surface area contributed by atoms with Gasteiger partial charge in [-0.1, -0.05) is 6.92 Å². The second kappa shape index (κ2) is 10.5. The molecule has 5 heteroatoms. The van der Waals surface area contributed by atoms with Crippen molar-refractivity contribution >= 4 is 5.84 Å². The van der Waals surface area contributed by atoms with Gasteiger partial charge in [0.15, 0.2) is 0 Å². The van der Waals surface area contributed by atoms with E-state index in [4.69, 9.17) is 20.6 Å². The second-order valence-corrected chi connectivity index (χ2v) is 4.17. The maximum atomic E-state index is 7.41. The molecule has 0 radical (unpaired) electrons. The molecule has 0 aliphatic heterocycles. The first-order valence-electron chi connectivity index (χ1n) is 6.20. The SMILES string of the molecule is CCC(CC(=N)N)N(CCCOC)CCOC. The fraction of sp³-hybridized carbons (Fsp3) is 0.917. The number of methoxy groups -OCH3 is 2. The van der Waals surface area contributed by atoms with E-state index in [0.717, 1.165) is 32.5 Å². The Morgan fingerprint density at radius 3 is 2.35 bits per heavy atom. The fourth-order valence-corrected chi connectivity index (χ4v) is 1.88. The van der Waals surface area contributed by atoms with Crippen molar-refractivity contribution in [3.05, 3.63) is 0 Å². The summed E-state index contributed by atoms with van der Waals surface area (Å²) < 4.78 is 10.2. The first-order chi connectivity index (χ1) is 8.15. The maximum absolute atomic E-state index is 7.41. The number of nitrogens with zero attached hydrogens (tertiary/aromatic N) is 1. The van der Waals surface area contributed by atoms with Gasteiger partial charge in [0.25, 0.3) is 0 Å². The molecule has 102 valence electrons. The van der Waals surface area contributed by atoms with E-state index in [0.29, 0.717) is 19.1 Å². The Balaban J connectivity index is 4.22. The van der Waals surface area contributed by atoms with Crippen LogP contribution in [0.25, 0.3) is 0 Å². The molecule has 0 aromatic heterocycles. The molecule has 0 saturated carbocycles. The predicted octanol–water partition coefficient (Wildman–Crippen LogP) is 1.08. The summed E-state index contributed by atoms with van der Waals surface area (Å²) in [4.78, 5) is 2.34. The zero-order valence-corrected chi connectivity index (χ0v) is 11.4. The van der Waals surface area contributed by atoms with Crippen LogP contribution < -0.4 is 5.73 Å². The quantitative estimate of drug-likeness (QED) is 0.324. The highest BCUT2D eigenvalue weighted by Crippen LogP contribution is 2.09. The van der Waals surface area contributed by atoms with Crippen molar-refractivity contribution in [2.24, 2.45) is 5.73 Å². The standard InChI is InChI=1S/C12H27N3O2/c1-4-11(10-12(13)14)15(7-9-17-3)6-5-8-16-2/h11H,4-10H2,1-3H3,(H3,13,14). The Kier molecular flexibility index (Phi) is 10.1. The molecule has 17 heavy (non-hydrogen) atoms. The lowest BCUT2D eigenvalue weighted by Crippen LogP contribution is -2.40. The number of ether oxygens (including phenoxy) is 2. The van der Waals surface area contributed by atoms with Crippen LogP contribution in [0.2, 0.25) is 0 Å². The number of nitrogens with two attached hydrogens (primary N) is 1. The molecule has 0 amide bonds. The minimum Gasteiger partial charge on any atom is -0.388 e. The third kappa shape index (κ3) is 8.12. The zero-order valence-electron chi connectivity index (χ0n) is 11.4. The van der Waals surface area contributed by atoms with Gasteiger partial charge in [-0.05, 0) is 12.8 Å². The van der Waals surface area contributed by atoms with Crippen LogP contribution in [-0.4, -0.2) is 57.3 Å². The molecule has 0 saturated heterocycles. The van der Waals surface area contributed by atoms with Gasteiger partial charge in [-0.25, -0.2) is 0 Å². The second-order valence-electron chi connectivity index (χ2n) is 4.17. The van der Waals surface area contributed by atoms with E-state index in [1.54, 1.807) is 14.2 Å². The van der Waals surface area contributed by atoms with Gasteiger partial charge < -0.3 is 15.2 Å². The number of hydrogen-bond acceptors (Lipinski definition) is 4. The van der Waals surface area contributed by atoms with Crippen LogP contribution in [-0.2, 0) is 9.47 Å². The van der Waals surface area contributed by atoms with E-state index < -0.39 is 0 Å². The van der Waals surface area contributed by atoms with E-state index in [1.165, 1.54) is 0 Å². The molecule has 0 aliphatic rings. The van der Waals surface area contributed by atoms with Crippen molar-refractivity contribution < 1.29 is 9.47 Å². The monoisotopic (exact) mass is 245 g/mol.